The molecule has 22 heavy (non-hydrogen) atoms. The molecule has 0 spiro atoms. The van der Waals surface area contributed by atoms with E-state index in [1.807, 2.05) is 0 Å². The molecule has 1 aliphatic heterocycles. The first kappa shape index (κ1) is 16.4. The van der Waals surface area contributed by atoms with Gasteiger partial charge in [-0.2, -0.15) is 0 Å². The van der Waals surface area contributed by atoms with Crippen molar-refractivity contribution < 1.29 is 19.1 Å². The van der Waals surface area contributed by atoms with Crippen molar-refractivity contribution in [2.24, 2.45) is 0 Å². The fourth-order valence-electron chi connectivity index (χ4n) is 2.78. The average molecular weight is 308 g/mol. The molecule has 0 aliphatic carbocycles. The number of carboxylic acid groups (broad SMARTS) is 1. The fourth-order valence-corrected chi connectivity index (χ4v) is 2.78. The van der Waals surface area contributed by atoms with Crippen molar-refractivity contribution in [3.63, 3.8) is 0 Å². The SMILES string of the molecule is Cc1c(F)cccc1NC(=O)CN1CCCCC1(C)C(=O)O. The highest BCUT2D eigenvalue weighted by atomic mass is 19.1. The van der Waals surface area contributed by atoms with E-state index in [2.05, 4.69) is 5.32 Å². The van der Waals surface area contributed by atoms with Gasteiger partial charge in [0.2, 0.25) is 5.91 Å². The maximum absolute atomic E-state index is 13.5. The Labute approximate surface area is 129 Å². The smallest absolute Gasteiger partial charge is 0.323 e. The summed E-state index contributed by atoms with van der Waals surface area (Å²) in [5.41, 5.74) is -0.235. The van der Waals surface area contributed by atoms with Crippen molar-refractivity contribution in [1.29, 1.82) is 0 Å². The number of carboxylic acids is 1. The standard InChI is InChI=1S/C16H21FN2O3/c1-11-12(17)6-5-7-13(11)18-14(20)10-19-9-4-3-8-16(19,2)15(21)22/h5-7H,3-4,8-10H2,1-2H3,(H,18,20)(H,21,22). The van der Waals surface area contributed by atoms with Crippen molar-refractivity contribution in [2.75, 3.05) is 18.4 Å². The zero-order valence-electron chi connectivity index (χ0n) is 12.9. The molecule has 1 aromatic carbocycles. The molecule has 6 heteroatoms. The molecule has 1 saturated heterocycles. The zero-order chi connectivity index (χ0) is 16.3. The van der Waals surface area contributed by atoms with Crippen molar-refractivity contribution in [1.82, 2.24) is 4.90 Å². The third-order valence-corrected chi connectivity index (χ3v) is 4.38. The number of benzene rings is 1. The van der Waals surface area contributed by atoms with Gasteiger partial charge in [0, 0.05) is 11.3 Å². The lowest BCUT2D eigenvalue weighted by Gasteiger charge is -2.41. The summed E-state index contributed by atoms with van der Waals surface area (Å²) in [5.74, 6) is -1.63. The first-order valence-electron chi connectivity index (χ1n) is 7.38. The maximum Gasteiger partial charge on any atom is 0.323 e. The highest BCUT2D eigenvalue weighted by molar-refractivity contribution is 5.93. The third kappa shape index (κ3) is 3.27. The van der Waals surface area contributed by atoms with Gasteiger partial charge in [-0.05, 0) is 51.8 Å². The van der Waals surface area contributed by atoms with Gasteiger partial charge in [0.15, 0.2) is 0 Å². The number of anilines is 1. The lowest BCUT2D eigenvalue weighted by Crippen LogP contribution is -2.57. The number of hydrogen-bond acceptors (Lipinski definition) is 3. The van der Waals surface area contributed by atoms with Crippen LogP contribution >= 0.6 is 0 Å². The minimum Gasteiger partial charge on any atom is -0.480 e. The largest absolute Gasteiger partial charge is 0.480 e. The number of rotatable bonds is 4. The second kappa shape index (κ2) is 6.44. The quantitative estimate of drug-likeness (QED) is 0.896. The second-order valence-electron chi connectivity index (χ2n) is 5.92. The Hall–Kier alpha value is -1.95. The number of hydrogen-bond donors (Lipinski definition) is 2. The molecule has 1 heterocycles. The molecule has 0 aromatic heterocycles. The van der Waals surface area contributed by atoms with Crippen LogP contribution in [0.1, 0.15) is 31.7 Å². The van der Waals surface area contributed by atoms with E-state index in [-0.39, 0.29) is 18.3 Å². The topological polar surface area (TPSA) is 69.6 Å². The molecular weight excluding hydrogens is 287 g/mol. The van der Waals surface area contributed by atoms with E-state index in [0.717, 1.165) is 12.8 Å². The number of nitrogens with zero attached hydrogens (tertiary/aromatic N) is 1. The number of carbonyl (C=O) groups excluding carboxylic acids is 1. The van der Waals surface area contributed by atoms with Crippen LogP contribution in [-0.4, -0.2) is 40.5 Å². The Bertz CT molecular complexity index is 591. The van der Waals surface area contributed by atoms with Gasteiger partial charge in [-0.1, -0.05) is 6.07 Å². The predicted octanol–water partition coefficient (Wildman–Crippen LogP) is 2.40. The molecule has 1 fully saturated rings. The number of amides is 1. The van der Waals surface area contributed by atoms with Gasteiger partial charge in [-0.15, -0.1) is 0 Å². The first-order chi connectivity index (χ1) is 10.3. The van der Waals surface area contributed by atoms with Crippen LogP contribution < -0.4 is 5.32 Å². The van der Waals surface area contributed by atoms with E-state index in [1.165, 1.54) is 12.1 Å². The van der Waals surface area contributed by atoms with Gasteiger partial charge in [-0.25, -0.2) is 4.39 Å². The summed E-state index contributed by atoms with van der Waals surface area (Å²) in [6.45, 7) is 3.79. The molecule has 2 rings (SSSR count). The van der Waals surface area contributed by atoms with Crippen LogP contribution in [0.5, 0.6) is 0 Å². The molecule has 2 N–H and O–H groups in total. The van der Waals surface area contributed by atoms with Gasteiger partial charge in [0.25, 0.3) is 0 Å². The molecule has 0 bridgehead atoms. The molecule has 1 unspecified atom stereocenters. The number of likely N-dealkylation sites (tertiary alicyclic amines) is 1. The zero-order valence-corrected chi connectivity index (χ0v) is 12.9. The van der Waals surface area contributed by atoms with Gasteiger partial charge < -0.3 is 10.4 Å². The van der Waals surface area contributed by atoms with Crippen molar-refractivity contribution in [2.45, 2.75) is 38.6 Å². The summed E-state index contributed by atoms with van der Waals surface area (Å²) in [4.78, 5) is 25.4. The minimum absolute atomic E-state index is 0.0151. The molecule has 1 atom stereocenters. The Morgan fingerprint density at radius 1 is 1.41 bits per heavy atom. The molecule has 1 amide bonds. The van der Waals surface area contributed by atoms with Crippen LogP contribution in [0.3, 0.4) is 0 Å². The van der Waals surface area contributed by atoms with Crippen LogP contribution in [0.4, 0.5) is 10.1 Å². The predicted molar refractivity (Wildman–Crippen MR) is 81.2 cm³/mol. The number of nitrogens with one attached hydrogen (secondary N) is 1. The van der Waals surface area contributed by atoms with E-state index in [1.54, 1.807) is 24.8 Å². The van der Waals surface area contributed by atoms with Crippen molar-refractivity contribution >= 4 is 17.6 Å². The summed E-state index contributed by atoms with van der Waals surface area (Å²) in [6, 6.07) is 4.49. The summed E-state index contributed by atoms with van der Waals surface area (Å²) < 4.78 is 13.5. The molecule has 120 valence electrons. The Morgan fingerprint density at radius 3 is 2.82 bits per heavy atom. The highest BCUT2D eigenvalue weighted by Gasteiger charge is 2.41. The molecule has 1 aliphatic rings. The van der Waals surface area contributed by atoms with Crippen LogP contribution in [0.25, 0.3) is 0 Å². The summed E-state index contributed by atoms with van der Waals surface area (Å²) in [6.07, 6.45) is 2.23. The van der Waals surface area contributed by atoms with E-state index in [4.69, 9.17) is 0 Å². The lowest BCUT2D eigenvalue weighted by atomic mass is 9.88. The Morgan fingerprint density at radius 2 is 2.14 bits per heavy atom. The maximum atomic E-state index is 13.5. The summed E-state index contributed by atoms with van der Waals surface area (Å²) in [7, 11) is 0. The monoisotopic (exact) mass is 308 g/mol. The number of aliphatic carboxylic acids is 1. The van der Waals surface area contributed by atoms with Crippen LogP contribution in [0, 0.1) is 12.7 Å². The van der Waals surface area contributed by atoms with Crippen LogP contribution in [-0.2, 0) is 9.59 Å². The van der Waals surface area contributed by atoms with E-state index < -0.39 is 11.5 Å². The summed E-state index contributed by atoms with van der Waals surface area (Å²) in [5, 5.41) is 12.1. The summed E-state index contributed by atoms with van der Waals surface area (Å²) >= 11 is 0. The molecule has 1 aromatic rings. The lowest BCUT2D eigenvalue weighted by molar-refractivity contribution is -0.153. The van der Waals surface area contributed by atoms with E-state index in [0.29, 0.717) is 24.2 Å². The van der Waals surface area contributed by atoms with Gasteiger partial charge in [0.05, 0.1) is 6.54 Å². The van der Waals surface area contributed by atoms with Gasteiger partial charge in [-0.3, -0.25) is 14.5 Å². The van der Waals surface area contributed by atoms with Gasteiger partial charge >= 0.3 is 5.97 Å². The number of piperidine rings is 1. The normalized spacial score (nSPS) is 22.3. The molecular formula is C16H21FN2O3. The average Bonchev–Trinajstić information content (AvgIpc) is 2.46. The Balaban J connectivity index is 2.07. The molecule has 0 saturated carbocycles. The van der Waals surface area contributed by atoms with E-state index in [9.17, 15) is 19.1 Å². The highest BCUT2D eigenvalue weighted by Crippen LogP contribution is 2.28. The molecule has 5 nitrogen and oxygen atoms in total. The third-order valence-electron chi connectivity index (χ3n) is 4.38. The fraction of sp³-hybridized carbons (Fsp3) is 0.500. The van der Waals surface area contributed by atoms with Crippen LogP contribution in [0.2, 0.25) is 0 Å². The Kier molecular flexibility index (Phi) is 4.81. The second-order valence-corrected chi connectivity index (χ2v) is 5.92. The van der Waals surface area contributed by atoms with Crippen molar-refractivity contribution in [3.8, 4) is 0 Å². The molecule has 0 radical (unpaired) electrons. The van der Waals surface area contributed by atoms with E-state index >= 15 is 0 Å². The van der Waals surface area contributed by atoms with Gasteiger partial charge in [0.1, 0.15) is 11.4 Å². The first-order valence-corrected chi connectivity index (χ1v) is 7.38. The van der Waals surface area contributed by atoms with Crippen LogP contribution in [0.15, 0.2) is 18.2 Å². The minimum atomic E-state index is -1.02. The number of carbonyl (C=O) groups is 2. The number of halogens is 1. The van der Waals surface area contributed by atoms with Crippen molar-refractivity contribution in [3.05, 3.63) is 29.6 Å².